The average Bonchev–Trinajstić information content (AvgIpc) is 2.78. The fourth-order valence-corrected chi connectivity index (χ4v) is 4.20. The summed E-state index contributed by atoms with van der Waals surface area (Å²) < 4.78 is 0. The first-order valence-electron chi connectivity index (χ1n) is 12.2. The van der Waals surface area contributed by atoms with Crippen LogP contribution in [0.1, 0.15) is 76.6 Å². The molecule has 1 aliphatic rings. The molecule has 5 nitrogen and oxygen atoms in total. The lowest BCUT2D eigenvalue weighted by molar-refractivity contribution is -0.128. The van der Waals surface area contributed by atoms with Crippen LogP contribution in [0.3, 0.4) is 0 Å². The smallest absolute Gasteiger partial charge is 0.345 e. The van der Waals surface area contributed by atoms with Crippen molar-refractivity contribution in [2.24, 2.45) is 16.3 Å². The number of benzene rings is 2. The van der Waals surface area contributed by atoms with Crippen molar-refractivity contribution < 1.29 is 9.59 Å². The normalized spacial score (nSPS) is 16.9. The maximum absolute atomic E-state index is 12.9. The number of hydrogen-bond acceptors (Lipinski definition) is 2. The fourth-order valence-electron chi connectivity index (χ4n) is 3.98. The Kier molecular flexibility index (Phi) is 8.55. The molecule has 3 amide bonds. The van der Waals surface area contributed by atoms with E-state index in [1.165, 1.54) is 5.56 Å². The van der Waals surface area contributed by atoms with E-state index in [1.807, 2.05) is 39.8 Å². The van der Waals surface area contributed by atoms with Crippen molar-refractivity contribution >= 4 is 34.9 Å². The van der Waals surface area contributed by atoms with Crippen LogP contribution in [-0.4, -0.2) is 17.6 Å². The highest BCUT2D eigenvalue weighted by Gasteiger charge is 2.21. The van der Waals surface area contributed by atoms with Crippen molar-refractivity contribution in [3.8, 4) is 0 Å². The van der Waals surface area contributed by atoms with Gasteiger partial charge in [-0.3, -0.25) is 4.79 Å². The van der Waals surface area contributed by atoms with Gasteiger partial charge in [-0.2, -0.15) is 4.99 Å². The van der Waals surface area contributed by atoms with E-state index in [1.54, 1.807) is 6.07 Å². The molecule has 35 heavy (non-hydrogen) atoms. The molecule has 6 heteroatoms. The highest BCUT2D eigenvalue weighted by atomic mass is 35.5. The van der Waals surface area contributed by atoms with Gasteiger partial charge in [0.2, 0.25) is 5.91 Å². The van der Waals surface area contributed by atoms with E-state index in [0.717, 1.165) is 40.8 Å². The molecule has 2 N–H and O–H groups in total. The Labute approximate surface area is 214 Å². The monoisotopic (exact) mass is 493 g/mol. The van der Waals surface area contributed by atoms with Crippen molar-refractivity contribution in [1.82, 2.24) is 10.6 Å². The molecular weight excluding hydrogens is 458 g/mol. The second kappa shape index (κ2) is 11.2. The molecule has 2 aromatic carbocycles. The molecule has 1 heterocycles. The van der Waals surface area contributed by atoms with Crippen LogP contribution in [0.15, 0.2) is 53.0 Å². The Morgan fingerprint density at radius 2 is 1.74 bits per heavy atom. The Morgan fingerprint density at radius 1 is 1.09 bits per heavy atom. The molecule has 0 radical (unpaired) electrons. The molecule has 3 rings (SSSR count). The van der Waals surface area contributed by atoms with E-state index in [-0.39, 0.29) is 5.91 Å². The summed E-state index contributed by atoms with van der Waals surface area (Å²) in [7, 11) is 0. The Hall–Kier alpha value is -2.92. The summed E-state index contributed by atoms with van der Waals surface area (Å²) in [6, 6.07) is 13.5. The molecule has 0 aliphatic carbocycles. The topological polar surface area (TPSA) is 70.6 Å². The number of urea groups is 1. The minimum absolute atomic E-state index is 0.0252. The minimum atomic E-state index is -0.466. The highest BCUT2D eigenvalue weighted by molar-refractivity contribution is 6.32. The quantitative estimate of drug-likeness (QED) is 0.458. The minimum Gasteiger partial charge on any atom is -0.352 e. The first-order chi connectivity index (χ1) is 16.4. The van der Waals surface area contributed by atoms with Crippen LogP contribution in [0.2, 0.25) is 5.02 Å². The van der Waals surface area contributed by atoms with Crippen LogP contribution in [0.4, 0.5) is 4.79 Å². The van der Waals surface area contributed by atoms with E-state index in [4.69, 9.17) is 11.6 Å². The van der Waals surface area contributed by atoms with Crippen LogP contribution in [0.25, 0.3) is 5.70 Å². The van der Waals surface area contributed by atoms with E-state index in [0.29, 0.717) is 29.6 Å². The first kappa shape index (κ1) is 26.7. The Balaban J connectivity index is 1.80. The van der Waals surface area contributed by atoms with Crippen molar-refractivity contribution in [2.45, 2.75) is 67.3 Å². The summed E-state index contributed by atoms with van der Waals surface area (Å²) >= 11 is 6.54. The summed E-state index contributed by atoms with van der Waals surface area (Å²) in [5, 5.41) is 6.46. The number of aliphatic imine (C=N–C) groups is 1. The molecule has 0 atom stereocenters. The zero-order chi connectivity index (χ0) is 25.8. The predicted molar refractivity (Wildman–Crippen MR) is 145 cm³/mol. The Morgan fingerprint density at radius 3 is 2.37 bits per heavy atom. The maximum Gasteiger partial charge on any atom is 0.345 e. The summed E-state index contributed by atoms with van der Waals surface area (Å²) in [6.07, 6.45) is 2.42. The van der Waals surface area contributed by atoms with Gasteiger partial charge in [0.1, 0.15) is 0 Å². The van der Waals surface area contributed by atoms with Gasteiger partial charge >= 0.3 is 6.03 Å². The van der Waals surface area contributed by atoms with Gasteiger partial charge in [0.25, 0.3) is 0 Å². The molecule has 0 unspecified atom stereocenters. The van der Waals surface area contributed by atoms with Gasteiger partial charge in [-0.05, 0) is 66.5 Å². The number of carbonyl (C=O) groups is 2. The number of halogens is 1. The molecule has 0 saturated heterocycles. The number of hydrogen-bond donors (Lipinski definition) is 2. The van der Waals surface area contributed by atoms with Crippen LogP contribution < -0.4 is 10.6 Å². The van der Waals surface area contributed by atoms with E-state index in [9.17, 15) is 9.59 Å². The number of amides is 3. The van der Waals surface area contributed by atoms with Gasteiger partial charge in [0, 0.05) is 22.5 Å². The van der Waals surface area contributed by atoms with Gasteiger partial charge in [-0.25, -0.2) is 4.79 Å². The zero-order valence-electron chi connectivity index (χ0n) is 21.6. The summed E-state index contributed by atoms with van der Waals surface area (Å²) in [5.74, 6) is 0.569. The van der Waals surface area contributed by atoms with E-state index >= 15 is 0 Å². The summed E-state index contributed by atoms with van der Waals surface area (Å²) in [6.45, 7) is 12.4. The van der Waals surface area contributed by atoms with Crippen molar-refractivity contribution in [1.29, 1.82) is 0 Å². The predicted octanol–water partition coefficient (Wildman–Crippen LogP) is 6.92. The van der Waals surface area contributed by atoms with Crippen molar-refractivity contribution in [3.63, 3.8) is 0 Å². The molecule has 0 bridgehead atoms. The van der Waals surface area contributed by atoms with Gasteiger partial charge in [0.15, 0.2) is 0 Å². The molecular formula is C29H36ClN3O2. The standard InChI is InChI=1S/C29H36ClN3O2/c1-18(2)15-20-8-11-22(12-9-20)25-14-7-19(3)26(33-28(35)32-25)23-16-21(10-13-24(23)30)17-31-27(34)29(4,5)6/h8-13,16,18H,7,14-15,17H2,1-6H3,(H,31,34)(H,33,35)/b26-19+,32-25?. The van der Waals surface area contributed by atoms with Gasteiger partial charge in [0.05, 0.1) is 11.4 Å². The van der Waals surface area contributed by atoms with Crippen molar-refractivity contribution in [2.75, 3.05) is 0 Å². The van der Waals surface area contributed by atoms with Crippen molar-refractivity contribution in [3.05, 3.63) is 75.3 Å². The number of nitrogens with one attached hydrogen (secondary N) is 2. The lowest BCUT2D eigenvalue weighted by atomic mass is 9.95. The lowest BCUT2D eigenvalue weighted by Crippen LogP contribution is -2.34. The molecule has 2 aromatic rings. The first-order valence-corrected chi connectivity index (χ1v) is 12.6. The van der Waals surface area contributed by atoms with Crippen LogP contribution in [0, 0.1) is 11.3 Å². The third-order valence-corrected chi connectivity index (χ3v) is 6.33. The van der Waals surface area contributed by atoms with Crippen LogP contribution in [-0.2, 0) is 17.8 Å². The average molecular weight is 494 g/mol. The summed E-state index contributed by atoms with van der Waals surface area (Å²) in [5.41, 5.74) is 5.92. The Bertz CT molecular complexity index is 1160. The lowest BCUT2D eigenvalue weighted by Gasteiger charge is -2.20. The number of nitrogens with zero attached hydrogens (tertiary/aromatic N) is 1. The van der Waals surface area contributed by atoms with E-state index in [2.05, 4.69) is 53.7 Å². The third-order valence-electron chi connectivity index (χ3n) is 6.00. The van der Waals surface area contributed by atoms with E-state index < -0.39 is 11.4 Å². The number of carbonyl (C=O) groups excluding carboxylic acids is 2. The third kappa shape index (κ3) is 7.28. The second-order valence-corrected chi connectivity index (χ2v) is 11.1. The number of rotatable bonds is 6. The highest BCUT2D eigenvalue weighted by Crippen LogP contribution is 2.29. The van der Waals surface area contributed by atoms with Crippen LogP contribution >= 0.6 is 11.6 Å². The molecule has 1 aliphatic heterocycles. The molecule has 0 spiro atoms. The SMILES string of the molecule is C/C1=C(/c2cc(CNC(=O)C(C)(C)C)ccc2Cl)NC(=O)N=C(c2ccc(CC(C)C)cc2)CC1. The van der Waals surface area contributed by atoms with Gasteiger partial charge in [-0.1, -0.05) is 76.6 Å². The van der Waals surface area contributed by atoms with Gasteiger partial charge < -0.3 is 10.6 Å². The molecule has 186 valence electrons. The number of allylic oxidation sites excluding steroid dienone is 1. The van der Waals surface area contributed by atoms with Gasteiger partial charge in [-0.15, -0.1) is 0 Å². The molecule has 0 saturated carbocycles. The maximum atomic E-state index is 12.9. The zero-order valence-corrected chi connectivity index (χ0v) is 22.3. The van der Waals surface area contributed by atoms with Crippen LogP contribution in [0.5, 0.6) is 0 Å². The molecule has 0 aromatic heterocycles. The second-order valence-electron chi connectivity index (χ2n) is 10.7. The fraction of sp³-hybridized carbons (Fsp3) is 0.414. The molecule has 0 fully saturated rings. The largest absolute Gasteiger partial charge is 0.352 e. The summed E-state index contributed by atoms with van der Waals surface area (Å²) in [4.78, 5) is 29.5.